The van der Waals surface area contributed by atoms with E-state index >= 15 is 0 Å². The number of ether oxygens (including phenoxy) is 1. The Morgan fingerprint density at radius 2 is 2.10 bits per heavy atom. The number of benzene rings is 2. The summed E-state index contributed by atoms with van der Waals surface area (Å²) in [5, 5.41) is 0. The number of allylic oxidation sites excluding steroid dienone is 1. The van der Waals surface area contributed by atoms with Gasteiger partial charge >= 0.3 is 0 Å². The Kier molecular flexibility index (Phi) is 3.73. The molecule has 0 spiro atoms. The van der Waals surface area contributed by atoms with Crippen LogP contribution in [0.3, 0.4) is 0 Å². The molecule has 0 bridgehead atoms. The van der Waals surface area contributed by atoms with Crippen LogP contribution in [0.25, 0.3) is 22.4 Å². The average molecular weight is 278 g/mol. The molecule has 0 aliphatic rings. The van der Waals surface area contributed by atoms with Crippen LogP contribution in [-0.2, 0) is 6.42 Å². The molecule has 106 valence electrons. The van der Waals surface area contributed by atoms with Gasteiger partial charge in [-0.25, -0.2) is 4.98 Å². The number of aromatic amines is 1. The van der Waals surface area contributed by atoms with Gasteiger partial charge in [0.2, 0.25) is 0 Å². The first kappa shape index (κ1) is 13.4. The van der Waals surface area contributed by atoms with E-state index in [4.69, 9.17) is 4.74 Å². The molecule has 2 aromatic carbocycles. The molecule has 0 atom stereocenters. The minimum absolute atomic E-state index is 0.661. The van der Waals surface area contributed by atoms with Crippen molar-refractivity contribution in [3.63, 3.8) is 0 Å². The molecular weight excluding hydrogens is 260 g/mol. The number of hydrogen-bond donors (Lipinski definition) is 1. The van der Waals surface area contributed by atoms with Crippen molar-refractivity contribution in [2.24, 2.45) is 0 Å². The van der Waals surface area contributed by atoms with E-state index in [1.54, 1.807) is 0 Å². The number of para-hydroxylation sites is 2. The van der Waals surface area contributed by atoms with Gasteiger partial charge in [-0.05, 0) is 49.2 Å². The lowest BCUT2D eigenvalue weighted by Gasteiger charge is -2.10. The fourth-order valence-corrected chi connectivity index (χ4v) is 2.43. The minimum atomic E-state index is 0.661. The van der Waals surface area contributed by atoms with Crippen molar-refractivity contribution in [3.8, 4) is 17.1 Å². The molecule has 0 fully saturated rings. The Bertz CT molecular complexity index is 741. The molecular formula is C18H18N2O. The Hall–Kier alpha value is -2.55. The third kappa shape index (κ3) is 2.68. The molecule has 3 heteroatoms. The van der Waals surface area contributed by atoms with Gasteiger partial charge in [0.15, 0.2) is 0 Å². The summed E-state index contributed by atoms with van der Waals surface area (Å²) in [7, 11) is 0. The van der Waals surface area contributed by atoms with Gasteiger partial charge in [-0.15, -0.1) is 6.58 Å². The molecule has 0 aliphatic heterocycles. The molecule has 0 radical (unpaired) electrons. The van der Waals surface area contributed by atoms with Crippen LogP contribution >= 0.6 is 0 Å². The first-order valence-electron chi connectivity index (χ1n) is 7.13. The van der Waals surface area contributed by atoms with Crippen molar-refractivity contribution < 1.29 is 4.74 Å². The number of H-pyrrole nitrogens is 1. The number of aromatic nitrogens is 2. The fourth-order valence-electron chi connectivity index (χ4n) is 2.43. The van der Waals surface area contributed by atoms with Crippen LogP contribution in [0.5, 0.6) is 5.75 Å². The SMILES string of the molecule is C=CCc1cc(-c2nc3ccccc3[nH]2)ccc1OCC. The van der Waals surface area contributed by atoms with Gasteiger partial charge in [0.05, 0.1) is 17.6 Å². The Morgan fingerprint density at radius 3 is 2.86 bits per heavy atom. The molecule has 3 nitrogen and oxygen atoms in total. The molecule has 3 rings (SSSR count). The topological polar surface area (TPSA) is 37.9 Å². The van der Waals surface area contributed by atoms with Crippen LogP contribution in [0.15, 0.2) is 55.1 Å². The molecule has 0 unspecified atom stereocenters. The first-order valence-corrected chi connectivity index (χ1v) is 7.13. The van der Waals surface area contributed by atoms with Gasteiger partial charge in [0, 0.05) is 5.56 Å². The quantitative estimate of drug-likeness (QED) is 0.704. The predicted octanol–water partition coefficient (Wildman–Crippen LogP) is 4.36. The number of fused-ring (bicyclic) bond motifs is 1. The maximum absolute atomic E-state index is 5.66. The second kappa shape index (κ2) is 5.83. The van der Waals surface area contributed by atoms with E-state index in [0.29, 0.717) is 6.61 Å². The van der Waals surface area contributed by atoms with Crippen molar-refractivity contribution in [1.29, 1.82) is 0 Å². The highest BCUT2D eigenvalue weighted by Gasteiger charge is 2.09. The molecule has 1 aromatic heterocycles. The zero-order valence-electron chi connectivity index (χ0n) is 12.1. The van der Waals surface area contributed by atoms with E-state index in [0.717, 1.165) is 40.2 Å². The number of nitrogens with one attached hydrogen (secondary N) is 1. The van der Waals surface area contributed by atoms with E-state index in [-0.39, 0.29) is 0 Å². The molecule has 21 heavy (non-hydrogen) atoms. The zero-order chi connectivity index (χ0) is 14.7. The second-order valence-corrected chi connectivity index (χ2v) is 4.85. The van der Waals surface area contributed by atoms with Crippen molar-refractivity contribution in [3.05, 3.63) is 60.7 Å². The predicted molar refractivity (Wildman–Crippen MR) is 86.6 cm³/mol. The van der Waals surface area contributed by atoms with Gasteiger partial charge in [-0.1, -0.05) is 18.2 Å². The number of rotatable bonds is 5. The summed E-state index contributed by atoms with van der Waals surface area (Å²) in [6, 6.07) is 14.2. The molecule has 0 saturated carbocycles. The summed E-state index contributed by atoms with van der Waals surface area (Å²) < 4.78 is 5.66. The van der Waals surface area contributed by atoms with E-state index in [1.807, 2.05) is 49.4 Å². The Balaban J connectivity index is 2.04. The van der Waals surface area contributed by atoms with Gasteiger partial charge in [-0.3, -0.25) is 0 Å². The summed E-state index contributed by atoms with van der Waals surface area (Å²) in [4.78, 5) is 7.99. The lowest BCUT2D eigenvalue weighted by Crippen LogP contribution is -1.96. The van der Waals surface area contributed by atoms with Crippen molar-refractivity contribution >= 4 is 11.0 Å². The lowest BCUT2D eigenvalue weighted by molar-refractivity contribution is 0.337. The zero-order valence-corrected chi connectivity index (χ0v) is 12.1. The Labute approximate surface area is 124 Å². The minimum Gasteiger partial charge on any atom is -0.494 e. The summed E-state index contributed by atoms with van der Waals surface area (Å²) in [5.41, 5.74) is 4.22. The average Bonchev–Trinajstić information content (AvgIpc) is 2.93. The third-order valence-corrected chi connectivity index (χ3v) is 3.39. The second-order valence-electron chi connectivity index (χ2n) is 4.85. The summed E-state index contributed by atoms with van der Waals surface area (Å²) in [6.07, 6.45) is 2.67. The first-order chi connectivity index (χ1) is 10.3. The normalized spacial score (nSPS) is 10.7. The maximum Gasteiger partial charge on any atom is 0.138 e. The van der Waals surface area contributed by atoms with Crippen LogP contribution in [0.1, 0.15) is 12.5 Å². The third-order valence-electron chi connectivity index (χ3n) is 3.39. The fraction of sp³-hybridized carbons (Fsp3) is 0.167. The highest BCUT2D eigenvalue weighted by atomic mass is 16.5. The number of nitrogens with zero attached hydrogens (tertiary/aromatic N) is 1. The smallest absolute Gasteiger partial charge is 0.138 e. The number of hydrogen-bond acceptors (Lipinski definition) is 2. The van der Waals surface area contributed by atoms with Gasteiger partial charge < -0.3 is 9.72 Å². The van der Waals surface area contributed by atoms with E-state index in [9.17, 15) is 0 Å². The van der Waals surface area contributed by atoms with Crippen LogP contribution in [0.2, 0.25) is 0 Å². The largest absolute Gasteiger partial charge is 0.494 e. The molecule has 1 N–H and O–H groups in total. The van der Waals surface area contributed by atoms with Crippen LogP contribution in [0.4, 0.5) is 0 Å². The van der Waals surface area contributed by atoms with Crippen LogP contribution < -0.4 is 4.74 Å². The lowest BCUT2D eigenvalue weighted by atomic mass is 10.1. The summed E-state index contributed by atoms with van der Waals surface area (Å²) >= 11 is 0. The van der Waals surface area contributed by atoms with Crippen molar-refractivity contribution in [1.82, 2.24) is 9.97 Å². The van der Waals surface area contributed by atoms with Crippen molar-refractivity contribution in [2.75, 3.05) is 6.61 Å². The highest BCUT2D eigenvalue weighted by molar-refractivity contribution is 5.79. The van der Waals surface area contributed by atoms with Crippen LogP contribution in [0, 0.1) is 0 Å². The van der Waals surface area contributed by atoms with Gasteiger partial charge in [-0.2, -0.15) is 0 Å². The monoisotopic (exact) mass is 278 g/mol. The summed E-state index contributed by atoms with van der Waals surface area (Å²) in [5.74, 6) is 1.79. The molecule has 3 aromatic rings. The molecule has 1 heterocycles. The molecule has 0 aliphatic carbocycles. The van der Waals surface area contributed by atoms with Gasteiger partial charge in [0.25, 0.3) is 0 Å². The standard InChI is InChI=1S/C18H18N2O/c1-3-7-13-12-14(10-11-17(13)21-4-2)18-19-15-8-5-6-9-16(15)20-18/h3,5-6,8-12H,1,4,7H2,2H3,(H,19,20). The Morgan fingerprint density at radius 1 is 1.24 bits per heavy atom. The van der Waals surface area contributed by atoms with Gasteiger partial charge in [0.1, 0.15) is 11.6 Å². The highest BCUT2D eigenvalue weighted by Crippen LogP contribution is 2.27. The molecule has 0 amide bonds. The van der Waals surface area contributed by atoms with E-state index in [2.05, 4.69) is 22.6 Å². The molecule has 0 saturated heterocycles. The van der Waals surface area contributed by atoms with E-state index in [1.165, 1.54) is 0 Å². The van der Waals surface area contributed by atoms with Crippen LogP contribution in [-0.4, -0.2) is 16.6 Å². The number of imidazole rings is 1. The summed E-state index contributed by atoms with van der Waals surface area (Å²) in [6.45, 7) is 6.47. The van der Waals surface area contributed by atoms with E-state index < -0.39 is 0 Å². The maximum atomic E-state index is 5.66. The van der Waals surface area contributed by atoms with Crippen molar-refractivity contribution in [2.45, 2.75) is 13.3 Å².